The normalized spacial score (nSPS) is 25.1. The van der Waals surface area contributed by atoms with Gasteiger partial charge in [0.15, 0.2) is 0 Å². The van der Waals surface area contributed by atoms with Crippen molar-refractivity contribution < 1.29 is 12.8 Å². The number of sulfonamides is 1. The van der Waals surface area contributed by atoms with Gasteiger partial charge in [-0.05, 0) is 37.3 Å². The summed E-state index contributed by atoms with van der Waals surface area (Å²) in [5.41, 5.74) is 0.290. The van der Waals surface area contributed by atoms with E-state index < -0.39 is 15.8 Å². The van der Waals surface area contributed by atoms with Crippen LogP contribution in [-0.4, -0.2) is 20.5 Å². The van der Waals surface area contributed by atoms with Crippen molar-refractivity contribution in [3.8, 4) is 0 Å². The summed E-state index contributed by atoms with van der Waals surface area (Å²) in [5.74, 6) is -0.411. The van der Waals surface area contributed by atoms with Crippen LogP contribution >= 0.6 is 11.6 Å². The van der Waals surface area contributed by atoms with Crippen LogP contribution in [0.2, 0.25) is 5.02 Å². The average Bonchev–Trinajstić information content (AvgIpc) is 3.30. The van der Waals surface area contributed by atoms with Crippen molar-refractivity contribution in [1.29, 1.82) is 0 Å². The second-order valence-corrected chi connectivity index (χ2v) is 8.09. The molecule has 2 aliphatic carbocycles. The van der Waals surface area contributed by atoms with Crippen LogP contribution in [0, 0.1) is 11.7 Å². The Labute approximate surface area is 129 Å². The molecular weight excluding hydrogens is 315 g/mol. The molecule has 0 aromatic heterocycles. The van der Waals surface area contributed by atoms with Crippen molar-refractivity contribution in [2.45, 2.75) is 49.7 Å². The third kappa shape index (κ3) is 3.56. The number of hydrogen-bond acceptors (Lipinski definition) is 3. The van der Waals surface area contributed by atoms with Crippen LogP contribution in [0.1, 0.15) is 31.7 Å². The largest absolute Gasteiger partial charge is 0.310 e. The molecule has 7 heteroatoms. The Morgan fingerprint density at radius 1 is 1.38 bits per heavy atom. The third-order valence-corrected chi connectivity index (χ3v) is 5.65. The first-order chi connectivity index (χ1) is 9.87. The second kappa shape index (κ2) is 5.50. The van der Waals surface area contributed by atoms with Crippen LogP contribution in [0.3, 0.4) is 0 Å². The van der Waals surface area contributed by atoms with Crippen LogP contribution in [0.5, 0.6) is 0 Å². The van der Waals surface area contributed by atoms with E-state index in [0.29, 0.717) is 24.1 Å². The smallest absolute Gasteiger partial charge is 0.243 e. The highest BCUT2D eigenvalue weighted by Crippen LogP contribution is 2.32. The molecule has 2 atom stereocenters. The van der Waals surface area contributed by atoms with Crippen molar-refractivity contribution in [3.63, 3.8) is 0 Å². The fourth-order valence-electron chi connectivity index (χ4n) is 2.23. The number of rotatable bonds is 6. The van der Waals surface area contributed by atoms with Crippen LogP contribution in [0.15, 0.2) is 17.0 Å². The maximum atomic E-state index is 14.5. The Bertz CT molecular complexity index is 661. The van der Waals surface area contributed by atoms with Crippen molar-refractivity contribution in [2.75, 3.05) is 0 Å². The summed E-state index contributed by atoms with van der Waals surface area (Å²) in [5, 5.41) is 3.40. The average molecular weight is 333 g/mol. The fraction of sp³-hybridized carbons (Fsp3) is 0.571. The molecule has 1 aromatic rings. The van der Waals surface area contributed by atoms with Gasteiger partial charge in [0.25, 0.3) is 0 Å². The zero-order valence-electron chi connectivity index (χ0n) is 11.7. The molecule has 0 bridgehead atoms. The summed E-state index contributed by atoms with van der Waals surface area (Å²) in [6.07, 6.45) is 2.94. The molecule has 2 saturated carbocycles. The summed E-state index contributed by atoms with van der Waals surface area (Å²) >= 11 is 5.95. The van der Waals surface area contributed by atoms with Gasteiger partial charge >= 0.3 is 0 Å². The molecule has 21 heavy (non-hydrogen) atoms. The Morgan fingerprint density at radius 3 is 2.62 bits per heavy atom. The minimum Gasteiger partial charge on any atom is -0.310 e. The lowest BCUT2D eigenvalue weighted by molar-refractivity contribution is 0.540. The third-order valence-electron chi connectivity index (χ3n) is 3.94. The molecule has 0 saturated heterocycles. The predicted octanol–water partition coefficient (Wildman–Crippen LogP) is 2.42. The topological polar surface area (TPSA) is 58.2 Å². The van der Waals surface area contributed by atoms with Gasteiger partial charge in [0.2, 0.25) is 10.0 Å². The predicted molar refractivity (Wildman–Crippen MR) is 79.2 cm³/mol. The molecule has 2 N–H and O–H groups in total. The van der Waals surface area contributed by atoms with Crippen molar-refractivity contribution >= 4 is 21.6 Å². The van der Waals surface area contributed by atoms with Gasteiger partial charge in [0.1, 0.15) is 10.7 Å². The molecule has 2 aliphatic rings. The number of benzene rings is 1. The highest BCUT2D eigenvalue weighted by Gasteiger charge is 2.37. The van der Waals surface area contributed by atoms with Crippen molar-refractivity contribution in [1.82, 2.24) is 10.0 Å². The highest BCUT2D eigenvalue weighted by molar-refractivity contribution is 7.89. The minimum atomic E-state index is -3.87. The SMILES string of the molecule is CC1CC1NS(=O)(=O)c1cc(Cl)cc(CNC2CC2)c1F. The van der Waals surface area contributed by atoms with E-state index in [1.54, 1.807) is 0 Å². The van der Waals surface area contributed by atoms with Crippen LogP contribution in [0.4, 0.5) is 4.39 Å². The van der Waals surface area contributed by atoms with E-state index in [9.17, 15) is 12.8 Å². The van der Waals surface area contributed by atoms with E-state index in [2.05, 4.69) is 10.0 Å². The van der Waals surface area contributed by atoms with Gasteiger partial charge < -0.3 is 5.32 Å². The van der Waals surface area contributed by atoms with E-state index in [1.807, 2.05) is 6.92 Å². The Morgan fingerprint density at radius 2 is 2.05 bits per heavy atom. The molecule has 1 aromatic carbocycles. The molecule has 0 aliphatic heterocycles. The first-order valence-electron chi connectivity index (χ1n) is 7.10. The van der Waals surface area contributed by atoms with E-state index in [4.69, 9.17) is 11.6 Å². The lowest BCUT2D eigenvalue weighted by Gasteiger charge is -2.12. The van der Waals surface area contributed by atoms with Gasteiger partial charge in [-0.25, -0.2) is 17.5 Å². The Balaban J connectivity index is 1.85. The summed E-state index contributed by atoms with van der Waals surface area (Å²) in [4.78, 5) is -0.360. The maximum Gasteiger partial charge on any atom is 0.243 e. The number of halogens is 2. The fourth-order valence-corrected chi connectivity index (χ4v) is 4.04. The highest BCUT2D eigenvalue weighted by atomic mass is 35.5. The second-order valence-electron chi connectivity index (χ2n) is 5.97. The summed E-state index contributed by atoms with van der Waals surface area (Å²) in [6.45, 7) is 2.24. The van der Waals surface area contributed by atoms with Gasteiger partial charge in [-0.2, -0.15) is 0 Å². The Kier molecular flexibility index (Phi) is 3.98. The van der Waals surface area contributed by atoms with Crippen LogP contribution in [0.25, 0.3) is 0 Å². The lowest BCUT2D eigenvalue weighted by atomic mass is 10.2. The van der Waals surface area contributed by atoms with Gasteiger partial charge in [-0.1, -0.05) is 18.5 Å². The first kappa shape index (κ1) is 15.2. The number of hydrogen-bond donors (Lipinski definition) is 2. The van der Waals surface area contributed by atoms with Gasteiger partial charge in [0, 0.05) is 29.2 Å². The molecular formula is C14H18ClFN2O2S. The van der Waals surface area contributed by atoms with Crippen molar-refractivity contribution in [2.24, 2.45) is 5.92 Å². The molecule has 0 amide bonds. The van der Waals surface area contributed by atoms with Crippen LogP contribution in [-0.2, 0) is 16.6 Å². The van der Waals surface area contributed by atoms with E-state index in [1.165, 1.54) is 12.1 Å². The molecule has 2 fully saturated rings. The Hall–Kier alpha value is -0.690. The van der Waals surface area contributed by atoms with E-state index in [-0.39, 0.29) is 16.0 Å². The standard InChI is InChI=1S/C14H18ClFN2O2S/c1-8-4-12(8)18-21(19,20)13-6-10(15)5-9(14(13)16)7-17-11-2-3-11/h5-6,8,11-12,17-18H,2-4,7H2,1H3. The minimum absolute atomic E-state index is 0.0959. The summed E-state index contributed by atoms with van der Waals surface area (Å²) in [6, 6.07) is 2.97. The molecule has 2 unspecified atom stereocenters. The van der Waals surface area contributed by atoms with Gasteiger partial charge in [-0.15, -0.1) is 0 Å². The molecule has 0 spiro atoms. The lowest BCUT2D eigenvalue weighted by Crippen LogP contribution is -2.28. The molecule has 3 rings (SSSR count). The van der Waals surface area contributed by atoms with E-state index >= 15 is 0 Å². The first-order valence-corrected chi connectivity index (χ1v) is 8.96. The summed E-state index contributed by atoms with van der Waals surface area (Å²) < 4.78 is 41.5. The van der Waals surface area contributed by atoms with Crippen molar-refractivity contribution in [3.05, 3.63) is 28.5 Å². The summed E-state index contributed by atoms with van der Waals surface area (Å²) in [7, 11) is -3.87. The zero-order chi connectivity index (χ0) is 15.2. The van der Waals surface area contributed by atoms with Gasteiger partial charge in [0.05, 0.1) is 0 Å². The van der Waals surface area contributed by atoms with Gasteiger partial charge in [-0.3, -0.25) is 0 Å². The number of nitrogens with one attached hydrogen (secondary N) is 2. The quantitative estimate of drug-likeness (QED) is 0.841. The monoisotopic (exact) mass is 332 g/mol. The zero-order valence-corrected chi connectivity index (χ0v) is 13.3. The van der Waals surface area contributed by atoms with Crippen LogP contribution < -0.4 is 10.0 Å². The molecule has 116 valence electrons. The maximum absolute atomic E-state index is 14.5. The molecule has 0 radical (unpaired) electrons. The molecule has 4 nitrogen and oxygen atoms in total. The van der Waals surface area contributed by atoms with E-state index in [0.717, 1.165) is 19.3 Å². The molecule has 0 heterocycles.